The molecule has 0 radical (unpaired) electrons. The van der Waals surface area contributed by atoms with E-state index in [1.807, 2.05) is 53.1 Å². The van der Waals surface area contributed by atoms with Gasteiger partial charge < -0.3 is 18.8 Å². The van der Waals surface area contributed by atoms with E-state index in [4.69, 9.17) is 4.74 Å². The topological polar surface area (TPSA) is 69.4 Å². The molecule has 164 valence electrons. The number of nitrogens with zero attached hydrogens (tertiary/aromatic N) is 4. The molecule has 0 saturated carbocycles. The lowest BCUT2D eigenvalue weighted by Gasteiger charge is -2.27. The molecular formula is C25H26N4O3. The summed E-state index contributed by atoms with van der Waals surface area (Å²) in [5.74, 6) is -0.00943. The first-order valence-corrected chi connectivity index (χ1v) is 10.9. The molecule has 0 atom stereocenters. The van der Waals surface area contributed by atoms with Crippen LogP contribution in [0.5, 0.6) is 0 Å². The molecule has 1 amide bonds. The van der Waals surface area contributed by atoms with Crippen molar-refractivity contribution in [2.75, 3.05) is 26.3 Å². The zero-order chi connectivity index (χ0) is 22.2. The summed E-state index contributed by atoms with van der Waals surface area (Å²) in [5.41, 5.74) is 5.88. The fourth-order valence-electron chi connectivity index (χ4n) is 4.54. The van der Waals surface area contributed by atoms with Gasteiger partial charge in [0.25, 0.3) is 11.5 Å². The van der Waals surface area contributed by atoms with Crippen LogP contribution in [0.25, 0.3) is 28.2 Å². The minimum atomic E-state index is -0.00943. The number of fused-ring (bicyclic) bond motifs is 2. The number of ether oxygens (including phenoxy) is 1. The van der Waals surface area contributed by atoms with Crippen molar-refractivity contribution in [2.45, 2.75) is 19.4 Å². The Balaban J connectivity index is 1.71. The van der Waals surface area contributed by atoms with Crippen LogP contribution < -0.4 is 5.56 Å². The molecule has 7 nitrogen and oxygen atoms in total. The first-order chi connectivity index (χ1) is 15.6. The van der Waals surface area contributed by atoms with Crippen molar-refractivity contribution in [2.24, 2.45) is 7.05 Å². The minimum absolute atomic E-state index is 0.00943. The van der Waals surface area contributed by atoms with Crippen LogP contribution in [0.1, 0.15) is 27.9 Å². The molecular weight excluding hydrogens is 404 g/mol. The van der Waals surface area contributed by atoms with Crippen LogP contribution >= 0.6 is 0 Å². The number of rotatable bonds is 5. The van der Waals surface area contributed by atoms with E-state index in [2.05, 4.69) is 11.6 Å². The monoisotopic (exact) mass is 430 g/mol. The first kappa shape index (κ1) is 20.5. The van der Waals surface area contributed by atoms with Crippen molar-refractivity contribution in [3.8, 4) is 11.1 Å². The van der Waals surface area contributed by atoms with Gasteiger partial charge in [-0.15, -0.1) is 6.58 Å². The van der Waals surface area contributed by atoms with Crippen LogP contribution in [0.4, 0.5) is 0 Å². The fourth-order valence-corrected chi connectivity index (χ4v) is 4.54. The third-order valence-corrected chi connectivity index (χ3v) is 6.27. The van der Waals surface area contributed by atoms with E-state index in [-0.39, 0.29) is 11.5 Å². The molecule has 1 aliphatic heterocycles. The second-order valence-electron chi connectivity index (χ2n) is 8.27. The Morgan fingerprint density at radius 3 is 2.84 bits per heavy atom. The Morgan fingerprint density at radius 1 is 1.25 bits per heavy atom. The molecule has 7 heteroatoms. The van der Waals surface area contributed by atoms with Crippen LogP contribution in [0.15, 0.2) is 48.2 Å². The van der Waals surface area contributed by atoms with Gasteiger partial charge in [-0.05, 0) is 30.5 Å². The summed E-state index contributed by atoms with van der Waals surface area (Å²) < 4.78 is 9.10. The maximum Gasteiger partial charge on any atom is 0.254 e. The lowest BCUT2D eigenvalue weighted by Crippen LogP contribution is -2.40. The highest BCUT2D eigenvalue weighted by molar-refractivity contribution is 6.03. The normalized spacial score (nSPS) is 15.3. The lowest BCUT2D eigenvalue weighted by atomic mass is 9.96. The third kappa shape index (κ3) is 3.39. The zero-order valence-electron chi connectivity index (χ0n) is 18.2. The molecule has 0 bridgehead atoms. The zero-order valence-corrected chi connectivity index (χ0v) is 18.2. The van der Waals surface area contributed by atoms with E-state index in [9.17, 15) is 9.59 Å². The van der Waals surface area contributed by atoms with Gasteiger partial charge in [-0.25, -0.2) is 4.98 Å². The summed E-state index contributed by atoms with van der Waals surface area (Å²) >= 11 is 0. The van der Waals surface area contributed by atoms with Crippen LogP contribution in [0.2, 0.25) is 0 Å². The smallest absolute Gasteiger partial charge is 0.254 e. The highest BCUT2D eigenvalue weighted by atomic mass is 16.5. The molecule has 1 aromatic carbocycles. The molecule has 3 heterocycles. The van der Waals surface area contributed by atoms with Crippen LogP contribution in [-0.4, -0.2) is 51.2 Å². The summed E-state index contributed by atoms with van der Waals surface area (Å²) in [6.07, 6.45) is 10.8. The molecule has 2 aromatic heterocycles. The number of pyridine rings is 1. The summed E-state index contributed by atoms with van der Waals surface area (Å²) in [6.45, 7) is 6.64. The Hall–Kier alpha value is -3.45. The fraction of sp³-hybridized carbons (Fsp3) is 0.320. The van der Waals surface area contributed by atoms with Crippen molar-refractivity contribution < 1.29 is 9.53 Å². The quantitative estimate of drug-likeness (QED) is 0.584. The van der Waals surface area contributed by atoms with E-state index in [0.29, 0.717) is 51.3 Å². The maximum absolute atomic E-state index is 13.3. The van der Waals surface area contributed by atoms with Gasteiger partial charge >= 0.3 is 0 Å². The molecule has 3 aromatic rings. The number of amides is 1. The Morgan fingerprint density at radius 2 is 2.06 bits per heavy atom. The highest BCUT2D eigenvalue weighted by Gasteiger charge is 2.24. The van der Waals surface area contributed by atoms with Crippen LogP contribution in [0, 0.1) is 0 Å². The van der Waals surface area contributed by atoms with Crippen molar-refractivity contribution in [1.29, 1.82) is 0 Å². The highest BCUT2D eigenvalue weighted by Crippen LogP contribution is 2.35. The number of hydrogen-bond donors (Lipinski definition) is 0. The first-order valence-electron chi connectivity index (χ1n) is 10.9. The number of aryl methyl sites for hydroxylation is 2. The summed E-state index contributed by atoms with van der Waals surface area (Å²) in [7, 11) is 1.93. The molecule has 32 heavy (non-hydrogen) atoms. The number of benzene rings is 1. The van der Waals surface area contributed by atoms with Gasteiger partial charge in [0.05, 0.1) is 30.6 Å². The number of aromatic nitrogens is 3. The Bertz CT molecular complexity index is 1310. The van der Waals surface area contributed by atoms with Gasteiger partial charge in [0.2, 0.25) is 0 Å². The van der Waals surface area contributed by atoms with Crippen molar-refractivity contribution >= 4 is 23.0 Å². The number of allylic oxidation sites excluding steroid dienone is 2. The van der Waals surface area contributed by atoms with Gasteiger partial charge in [-0.3, -0.25) is 9.59 Å². The Labute approximate surface area is 186 Å². The van der Waals surface area contributed by atoms with Crippen molar-refractivity contribution in [1.82, 2.24) is 19.0 Å². The van der Waals surface area contributed by atoms with Crippen LogP contribution in [-0.2, 0) is 24.8 Å². The summed E-state index contributed by atoms with van der Waals surface area (Å²) in [5, 5.41) is 0. The number of carbonyl (C=O) groups is 1. The Kier molecular flexibility index (Phi) is 5.27. The predicted octanol–water partition coefficient (Wildman–Crippen LogP) is 3.02. The average Bonchev–Trinajstić information content (AvgIpc) is 3.46. The molecule has 2 aliphatic rings. The van der Waals surface area contributed by atoms with Gasteiger partial charge in [-0.2, -0.15) is 0 Å². The number of imidazole rings is 1. The van der Waals surface area contributed by atoms with Crippen molar-refractivity contribution in [3.05, 3.63) is 70.4 Å². The second kappa shape index (κ2) is 8.24. The van der Waals surface area contributed by atoms with Crippen molar-refractivity contribution in [3.63, 3.8) is 0 Å². The molecule has 1 saturated heterocycles. The number of morpholine rings is 1. The lowest BCUT2D eigenvalue weighted by molar-refractivity contribution is 0.0303. The molecule has 1 fully saturated rings. The van der Waals surface area contributed by atoms with Gasteiger partial charge in [0, 0.05) is 55.1 Å². The second-order valence-corrected chi connectivity index (χ2v) is 8.27. The molecule has 0 spiro atoms. The molecule has 5 rings (SSSR count). The van der Waals surface area contributed by atoms with E-state index in [1.54, 1.807) is 10.9 Å². The largest absolute Gasteiger partial charge is 0.378 e. The molecule has 0 unspecified atom stereocenters. The SMILES string of the molecule is C=CCCn1cc(-c2cc(C(=O)N3CCOCC3)cc3c2ncn3C)c2c(c1=O)CC=C2. The van der Waals surface area contributed by atoms with E-state index >= 15 is 0 Å². The molecule has 0 N–H and O–H groups in total. The van der Waals surface area contributed by atoms with E-state index in [0.717, 1.165) is 33.3 Å². The molecule has 1 aliphatic carbocycles. The number of carbonyl (C=O) groups excluding carboxylic acids is 1. The van der Waals surface area contributed by atoms with Gasteiger partial charge in [-0.1, -0.05) is 18.2 Å². The van der Waals surface area contributed by atoms with Crippen LogP contribution in [0.3, 0.4) is 0 Å². The number of hydrogen-bond acceptors (Lipinski definition) is 4. The van der Waals surface area contributed by atoms with Gasteiger partial charge in [0.1, 0.15) is 0 Å². The van der Waals surface area contributed by atoms with Gasteiger partial charge in [0.15, 0.2) is 0 Å². The average molecular weight is 431 g/mol. The van der Waals surface area contributed by atoms with E-state index in [1.165, 1.54) is 0 Å². The third-order valence-electron chi connectivity index (χ3n) is 6.27. The summed E-state index contributed by atoms with van der Waals surface area (Å²) in [4.78, 5) is 32.8. The predicted molar refractivity (Wildman–Crippen MR) is 125 cm³/mol. The minimum Gasteiger partial charge on any atom is -0.378 e. The maximum atomic E-state index is 13.3. The standard InChI is InChI=1S/C25H26N4O3/c1-3-4-8-29-15-21(18-6-5-7-19(18)25(29)31)20-13-17(14-22-23(20)26-16-27(22)2)24(30)28-9-11-32-12-10-28/h3,5-6,13-16H,1,4,7-12H2,2H3. The van der Waals surface area contributed by atoms with E-state index < -0.39 is 0 Å². The summed E-state index contributed by atoms with van der Waals surface area (Å²) in [6, 6.07) is 3.84.